The summed E-state index contributed by atoms with van der Waals surface area (Å²) in [4.78, 5) is 25.5. The first-order chi connectivity index (χ1) is 9.47. The zero-order valence-electron chi connectivity index (χ0n) is 12.2. The molecule has 2 rings (SSSR count). The fraction of sp³-hybridized carbons (Fsp3) is 0.846. The van der Waals surface area contributed by atoms with Gasteiger partial charge in [0.05, 0.1) is 0 Å². The smallest absolute Gasteiger partial charge is 0.444 e. The van der Waals surface area contributed by atoms with E-state index in [1.807, 2.05) is 0 Å². The summed E-state index contributed by atoms with van der Waals surface area (Å²) in [6.45, 7) is 6.02. The van der Waals surface area contributed by atoms with Gasteiger partial charge in [0.1, 0.15) is 5.60 Å². The summed E-state index contributed by atoms with van der Waals surface area (Å²) >= 11 is 0. The predicted octanol–water partition coefficient (Wildman–Crippen LogP) is 1.87. The van der Waals surface area contributed by atoms with Crippen LogP contribution in [0.5, 0.6) is 0 Å². The monoisotopic (exact) mass is 308 g/mol. The largest absolute Gasteiger partial charge is 0.471 e. The Morgan fingerprint density at radius 2 is 1.38 bits per heavy atom. The Bertz CT molecular complexity index is 431. The maximum absolute atomic E-state index is 12.4. The lowest BCUT2D eigenvalue weighted by Crippen LogP contribution is -2.42. The highest BCUT2D eigenvalue weighted by molar-refractivity contribution is 5.82. The highest BCUT2D eigenvalue weighted by Crippen LogP contribution is 2.34. The average Bonchev–Trinajstić information content (AvgIpc) is 2.81. The van der Waals surface area contributed by atoms with E-state index in [0.29, 0.717) is 13.1 Å². The van der Waals surface area contributed by atoms with Crippen LogP contribution in [0, 0.1) is 11.8 Å². The van der Waals surface area contributed by atoms with Crippen molar-refractivity contribution in [2.45, 2.75) is 32.5 Å². The zero-order valence-corrected chi connectivity index (χ0v) is 12.2. The van der Waals surface area contributed by atoms with Crippen LogP contribution in [0.2, 0.25) is 0 Å². The van der Waals surface area contributed by atoms with Gasteiger partial charge < -0.3 is 14.5 Å². The van der Waals surface area contributed by atoms with Crippen molar-refractivity contribution in [2.24, 2.45) is 11.8 Å². The van der Waals surface area contributed by atoms with Crippen LogP contribution in [-0.4, -0.2) is 59.8 Å². The predicted molar refractivity (Wildman–Crippen MR) is 67.4 cm³/mol. The topological polar surface area (TPSA) is 49.9 Å². The average molecular weight is 308 g/mol. The van der Waals surface area contributed by atoms with Gasteiger partial charge in [0.2, 0.25) is 0 Å². The van der Waals surface area contributed by atoms with E-state index >= 15 is 0 Å². The number of halogens is 3. The Labute approximate surface area is 121 Å². The molecule has 0 N–H and O–H groups in total. The van der Waals surface area contributed by atoms with Crippen molar-refractivity contribution in [3.05, 3.63) is 0 Å². The van der Waals surface area contributed by atoms with E-state index in [-0.39, 0.29) is 24.9 Å². The number of ether oxygens (including phenoxy) is 1. The van der Waals surface area contributed by atoms with Crippen LogP contribution in [0.4, 0.5) is 18.0 Å². The molecular weight excluding hydrogens is 289 g/mol. The summed E-state index contributed by atoms with van der Waals surface area (Å²) in [6, 6.07) is 0. The maximum atomic E-state index is 12.4. The van der Waals surface area contributed by atoms with Gasteiger partial charge in [0.15, 0.2) is 0 Å². The maximum Gasteiger partial charge on any atom is 0.471 e. The van der Waals surface area contributed by atoms with Gasteiger partial charge in [0.25, 0.3) is 0 Å². The van der Waals surface area contributed by atoms with Crippen LogP contribution in [0.3, 0.4) is 0 Å². The van der Waals surface area contributed by atoms with E-state index in [0.717, 1.165) is 4.90 Å². The van der Waals surface area contributed by atoms with Crippen LogP contribution in [0.25, 0.3) is 0 Å². The van der Waals surface area contributed by atoms with Gasteiger partial charge in [-0.1, -0.05) is 0 Å². The molecule has 0 bridgehead atoms. The molecule has 2 atom stereocenters. The van der Waals surface area contributed by atoms with E-state index < -0.39 is 23.8 Å². The first kappa shape index (κ1) is 15.9. The standard InChI is InChI=1S/C13H19F3N2O3/c1-12(2,3)21-11(20)18-6-8-4-17(5-9(8)7-18)10(19)13(14,15)16/h8-9H,4-7H2,1-3H3. The third kappa shape index (κ3) is 3.59. The summed E-state index contributed by atoms with van der Waals surface area (Å²) in [5.41, 5.74) is -0.604. The number of likely N-dealkylation sites (tertiary alicyclic amines) is 2. The molecule has 21 heavy (non-hydrogen) atoms. The van der Waals surface area contributed by atoms with E-state index in [1.54, 1.807) is 20.8 Å². The Morgan fingerprint density at radius 3 is 1.76 bits per heavy atom. The fourth-order valence-corrected chi connectivity index (χ4v) is 2.81. The highest BCUT2D eigenvalue weighted by atomic mass is 19.4. The number of fused-ring (bicyclic) bond motifs is 1. The van der Waals surface area contributed by atoms with E-state index in [9.17, 15) is 22.8 Å². The van der Waals surface area contributed by atoms with Crippen LogP contribution < -0.4 is 0 Å². The molecule has 0 aromatic heterocycles. The van der Waals surface area contributed by atoms with Crippen LogP contribution >= 0.6 is 0 Å². The second kappa shape index (κ2) is 5.06. The number of rotatable bonds is 0. The summed E-state index contributed by atoms with van der Waals surface area (Å²) in [5.74, 6) is -2.01. The van der Waals surface area contributed by atoms with Crippen LogP contribution in [-0.2, 0) is 9.53 Å². The molecule has 2 aliphatic rings. The first-order valence-corrected chi connectivity index (χ1v) is 6.81. The van der Waals surface area contributed by atoms with Gasteiger partial charge in [-0.15, -0.1) is 0 Å². The van der Waals surface area contributed by atoms with Crippen molar-refractivity contribution >= 4 is 12.0 Å². The van der Waals surface area contributed by atoms with Gasteiger partial charge in [-0.25, -0.2) is 4.79 Å². The molecule has 2 saturated heterocycles. The second-order valence-corrected chi connectivity index (χ2v) is 6.61. The van der Waals surface area contributed by atoms with Crippen molar-refractivity contribution in [1.82, 2.24) is 9.80 Å². The number of amides is 2. The molecule has 120 valence electrons. The molecule has 2 aliphatic heterocycles. The molecule has 0 spiro atoms. The van der Waals surface area contributed by atoms with Gasteiger partial charge in [0, 0.05) is 38.0 Å². The molecular formula is C13H19F3N2O3. The van der Waals surface area contributed by atoms with E-state index in [1.165, 1.54) is 4.90 Å². The van der Waals surface area contributed by atoms with Crippen molar-refractivity contribution in [3.63, 3.8) is 0 Å². The third-order valence-corrected chi connectivity index (χ3v) is 3.67. The molecule has 8 heteroatoms. The highest BCUT2D eigenvalue weighted by Gasteiger charge is 2.50. The van der Waals surface area contributed by atoms with Crippen molar-refractivity contribution in [2.75, 3.05) is 26.2 Å². The van der Waals surface area contributed by atoms with Gasteiger partial charge >= 0.3 is 18.2 Å². The summed E-state index contributed by atoms with van der Waals surface area (Å²) < 4.78 is 42.4. The number of hydrogen-bond acceptors (Lipinski definition) is 3. The normalized spacial score (nSPS) is 26.0. The molecule has 2 amide bonds. The minimum absolute atomic E-state index is 0.0440. The quantitative estimate of drug-likeness (QED) is 0.686. The summed E-state index contributed by atoms with van der Waals surface area (Å²) in [6.07, 6.45) is -5.28. The number of carbonyl (C=O) groups is 2. The lowest BCUT2D eigenvalue weighted by Gasteiger charge is -2.26. The summed E-state index contributed by atoms with van der Waals surface area (Å²) in [5, 5.41) is 0. The van der Waals surface area contributed by atoms with Crippen molar-refractivity contribution < 1.29 is 27.5 Å². The van der Waals surface area contributed by atoms with Gasteiger partial charge in [-0.05, 0) is 20.8 Å². The van der Waals surface area contributed by atoms with Crippen molar-refractivity contribution in [1.29, 1.82) is 0 Å². The van der Waals surface area contributed by atoms with Crippen molar-refractivity contribution in [3.8, 4) is 0 Å². The molecule has 2 fully saturated rings. The van der Waals surface area contributed by atoms with E-state index in [4.69, 9.17) is 4.74 Å². The number of hydrogen-bond donors (Lipinski definition) is 0. The SMILES string of the molecule is CC(C)(C)OC(=O)N1CC2CN(C(=O)C(F)(F)F)CC2C1. The molecule has 2 heterocycles. The minimum Gasteiger partial charge on any atom is -0.444 e. The number of alkyl halides is 3. The molecule has 0 aliphatic carbocycles. The third-order valence-electron chi connectivity index (χ3n) is 3.67. The van der Waals surface area contributed by atoms with Crippen LogP contribution in [0.1, 0.15) is 20.8 Å². The lowest BCUT2D eigenvalue weighted by molar-refractivity contribution is -0.184. The minimum atomic E-state index is -4.83. The molecule has 0 radical (unpaired) electrons. The molecule has 0 aromatic carbocycles. The summed E-state index contributed by atoms with van der Waals surface area (Å²) in [7, 11) is 0. The number of carbonyl (C=O) groups excluding carboxylic acids is 2. The van der Waals surface area contributed by atoms with Gasteiger partial charge in [-0.2, -0.15) is 13.2 Å². The van der Waals surface area contributed by atoms with Gasteiger partial charge in [-0.3, -0.25) is 4.79 Å². The lowest BCUT2D eigenvalue weighted by atomic mass is 10.0. The fourth-order valence-electron chi connectivity index (χ4n) is 2.81. The Balaban J connectivity index is 1.90. The molecule has 5 nitrogen and oxygen atoms in total. The Hall–Kier alpha value is -1.47. The number of nitrogens with zero attached hydrogens (tertiary/aromatic N) is 2. The Kier molecular flexibility index (Phi) is 3.84. The van der Waals surface area contributed by atoms with E-state index in [2.05, 4.69) is 0 Å². The van der Waals surface area contributed by atoms with Crippen LogP contribution in [0.15, 0.2) is 0 Å². The zero-order chi connectivity index (χ0) is 16.0. The molecule has 2 unspecified atom stereocenters. The molecule has 0 aromatic rings. The Morgan fingerprint density at radius 1 is 0.952 bits per heavy atom. The first-order valence-electron chi connectivity index (χ1n) is 6.81. The molecule has 0 saturated carbocycles. The second-order valence-electron chi connectivity index (χ2n) is 6.61.